The van der Waals surface area contributed by atoms with Gasteiger partial charge in [-0.05, 0) is 35.4 Å². The summed E-state index contributed by atoms with van der Waals surface area (Å²) in [6, 6.07) is 8.95. The van der Waals surface area contributed by atoms with Gasteiger partial charge < -0.3 is 40.9 Å². The SMILES string of the molecule is OCCN(CCO)c1nc(NCc2ccc(C(F)(F)F)cc2)c2nc(N(CCO)CCO)nc(NCc3ccc(C(F)(F)F)cc3)c2n1. The van der Waals surface area contributed by atoms with Gasteiger partial charge in [0.25, 0.3) is 0 Å². The van der Waals surface area contributed by atoms with Crippen molar-refractivity contribution in [3.8, 4) is 0 Å². The van der Waals surface area contributed by atoms with Crippen LogP contribution in [-0.4, -0.2) is 93.0 Å². The maximum atomic E-state index is 13.1. The number of rotatable bonds is 16. The molecular formula is C30H34F6N8O4. The highest BCUT2D eigenvalue weighted by atomic mass is 19.4. The Kier molecular flexibility index (Phi) is 12.1. The molecule has 4 rings (SSSR count). The molecule has 0 saturated carbocycles. The molecule has 2 heterocycles. The molecule has 12 nitrogen and oxygen atoms in total. The molecule has 0 radical (unpaired) electrons. The predicted octanol–water partition coefficient (Wildman–Crippen LogP) is 3.26. The Balaban J connectivity index is 1.83. The van der Waals surface area contributed by atoms with Crippen molar-refractivity contribution in [1.82, 2.24) is 19.9 Å². The summed E-state index contributed by atoms with van der Waals surface area (Å²) in [6.45, 7) is -1.18. The van der Waals surface area contributed by atoms with Gasteiger partial charge in [-0.15, -0.1) is 0 Å². The topological polar surface area (TPSA) is 163 Å². The van der Waals surface area contributed by atoms with Crippen LogP contribution in [0.2, 0.25) is 0 Å². The van der Waals surface area contributed by atoms with Gasteiger partial charge >= 0.3 is 12.4 Å². The van der Waals surface area contributed by atoms with Crippen molar-refractivity contribution >= 4 is 34.6 Å². The van der Waals surface area contributed by atoms with Crippen LogP contribution in [0, 0.1) is 0 Å². The average Bonchev–Trinajstić information content (AvgIpc) is 3.05. The van der Waals surface area contributed by atoms with E-state index in [4.69, 9.17) is 0 Å². The van der Waals surface area contributed by atoms with Gasteiger partial charge in [0, 0.05) is 39.3 Å². The van der Waals surface area contributed by atoms with Crippen LogP contribution in [0.25, 0.3) is 11.0 Å². The number of aliphatic hydroxyl groups excluding tert-OH is 4. The van der Waals surface area contributed by atoms with Crippen LogP contribution >= 0.6 is 0 Å². The molecule has 0 spiro atoms. The van der Waals surface area contributed by atoms with Gasteiger partial charge in [-0.25, -0.2) is 9.97 Å². The van der Waals surface area contributed by atoms with Gasteiger partial charge in [0.15, 0.2) is 11.6 Å². The Morgan fingerprint density at radius 3 is 1.08 bits per heavy atom. The van der Waals surface area contributed by atoms with Crippen LogP contribution in [0.15, 0.2) is 48.5 Å². The van der Waals surface area contributed by atoms with E-state index in [0.29, 0.717) is 11.1 Å². The number of hydrogen-bond acceptors (Lipinski definition) is 12. The summed E-state index contributed by atoms with van der Waals surface area (Å²) in [5.41, 5.74) is -0.455. The summed E-state index contributed by atoms with van der Waals surface area (Å²) >= 11 is 0. The minimum Gasteiger partial charge on any atom is -0.395 e. The third kappa shape index (κ3) is 9.30. The number of aromatic nitrogens is 4. The standard InChI is InChI=1S/C30H34F6N8O4/c31-29(32,33)21-5-1-19(2-6-21)17-37-25-23-24(40-27(41-25)43(9-13-45)10-14-46)26(42-28(39-23)44(11-15-47)12-16-48)38-18-20-3-7-22(8-4-20)30(34,35)36/h1-8,45-48H,9-18H2,(H,37,40,41)(H,38,39,42). The summed E-state index contributed by atoms with van der Waals surface area (Å²) in [5, 5.41) is 44.7. The molecule has 0 aliphatic rings. The first-order valence-corrected chi connectivity index (χ1v) is 14.7. The minimum atomic E-state index is -4.52. The number of aliphatic hydroxyl groups is 4. The molecule has 0 aliphatic heterocycles. The van der Waals surface area contributed by atoms with E-state index < -0.39 is 23.5 Å². The van der Waals surface area contributed by atoms with Crippen molar-refractivity contribution in [2.24, 2.45) is 0 Å². The molecule has 18 heteroatoms. The van der Waals surface area contributed by atoms with E-state index in [1.54, 1.807) is 0 Å². The molecule has 0 amide bonds. The Morgan fingerprint density at radius 1 is 0.500 bits per heavy atom. The maximum Gasteiger partial charge on any atom is 0.416 e. The lowest BCUT2D eigenvalue weighted by Crippen LogP contribution is -2.32. The van der Waals surface area contributed by atoms with Crippen LogP contribution in [0.4, 0.5) is 49.9 Å². The molecule has 2 aromatic heterocycles. The number of anilines is 4. The number of alkyl halides is 6. The van der Waals surface area contributed by atoms with Crippen LogP contribution in [-0.2, 0) is 25.4 Å². The molecular weight excluding hydrogens is 650 g/mol. The van der Waals surface area contributed by atoms with Gasteiger partial charge in [0.2, 0.25) is 11.9 Å². The number of nitrogens with one attached hydrogen (secondary N) is 2. The third-order valence-electron chi connectivity index (χ3n) is 7.05. The van der Waals surface area contributed by atoms with Gasteiger partial charge in [-0.2, -0.15) is 36.3 Å². The number of halogens is 6. The highest BCUT2D eigenvalue weighted by Gasteiger charge is 2.31. The van der Waals surface area contributed by atoms with Crippen LogP contribution in [0.3, 0.4) is 0 Å². The second-order valence-corrected chi connectivity index (χ2v) is 10.4. The highest BCUT2D eigenvalue weighted by Crippen LogP contribution is 2.32. The minimum absolute atomic E-state index is 0.00562. The zero-order valence-electron chi connectivity index (χ0n) is 25.4. The molecule has 2 aromatic carbocycles. The Labute approximate surface area is 270 Å². The van der Waals surface area contributed by atoms with Crippen LogP contribution < -0.4 is 20.4 Å². The van der Waals surface area contributed by atoms with Crippen molar-refractivity contribution < 1.29 is 46.8 Å². The van der Waals surface area contributed by atoms with E-state index in [0.717, 1.165) is 24.3 Å². The molecule has 0 unspecified atom stereocenters. The molecule has 0 fully saturated rings. The first-order valence-electron chi connectivity index (χ1n) is 14.7. The van der Waals surface area contributed by atoms with E-state index in [2.05, 4.69) is 30.6 Å². The first kappa shape index (κ1) is 36.3. The zero-order valence-corrected chi connectivity index (χ0v) is 25.4. The molecule has 4 aromatic rings. The Hall–Kier alpha value is -4.52. The molecule has 6 N–H and O–H groups in total. The summed E-state index contributed by atoms with van der Waals surface area (Å²) in [5.74, 6) is 0.281. The summed E-state index contributed by atoms with van der Waals surface area (Å²) in [4.78, 5) is 21.3. The van der Waals surface area contributed by atoms with Gasteiger partial charge in [-0.1, -0.05) is 24.3 Å². The largest absolute Gasteiger partial charge is 0.416 e. The summed E-state index contributed by atoms with van der Waals surface area (Å²) < 4.78 is 78.6. The van der Waals surface area contributed by atoms with E-state index >= 15 is 0 Å². The van der Waals surface area contributed by atoms with Crippen molar-refractivity contribution in [3.63, 3.8) is 0 Å². The lowest BCUT2D eigenvalue weighted by molar-refractivity contribution is -0.138. The zero-order chi connectivity index (χ0) is 34.9. The molecule has 0 bridgehead atoms. The lowest BCUT2D eigenvalue weighted by atomic mass is 10.1. The van der Waals surface area contributed by atoms with E-state index in [9.17, 15) is 46.8 Å². The monoisotopic (exact) mass is 684 g/mol. The van der Waals surface area contributed by atoms with Gasteiger partial charge in [-0.3, -0.25) is 0 Å². The Bertz CT molecular complexity index is 1490. The molecule has 48 heavy (non-hydrogen) atoms. The fraction of sp³-hybridized carbons (Fsp3) is 0.400. The number of benzene rings is 2. The molecule has 0 aliphatic carbocycles. The van der Waals surface area contributed by atoms with Crippen molar-refractivity contribution in [2.75, 3.05) is 73.0 Å². The Morgan fingerprint density at radius 2 is 0.812 bits per heavy atom. The number of fused-ring (bicyclic) bond motifs is 1. The second-order valence-electron chi connectivity index (χ2n) is 10.4. The van der Waals surface area contributed by atoms with Crippen molar-refractivity contribution in [3.05, 3.63) is 70.8 Å². The van der Waals surface area contributed by atoms with Crippen molar-refractivity contribution in [2.45, 2.75) is 25.4 Å². The summed E-state index contributed by atoms with van der Waals surface area (Å²) in [6.07, 6.45) is -9.03. The normalized spacial score (nSPS) is 12.0. The maximum absolute atomic E-state index is 13.1. The molecule has 0 saturated heterocycles. The van der Waals surface area contributed by atoms with E-state index in [1.807, 2.05) is 0 Å². The van der Waals surface area contributed by atoms with Crippen molar-refractivity contribution in [1.29, 1.82) is 0 Å². The van der Waals surface area contributed by atoms with Gasteiger partial charge in [0.1, 0.15) is 11.0 Å². The quantitative estimate of drug-likeness (QED) is 0.0958. The fourth-order valence-corrected chi connectivity index (χ4v) is 4.62. The first-order chi connectivity index (χ1) is 22.9. The molecule has 260 valence electrons. The van der Waals surface area contributed by atoms with Crippen LogP contribution in [0.1, 0.15) is 22.3 Å². The highest BCUT2D eigenvalue weighted by molar-refractivity contribution is 5.94. The molecule has 0 atom stereocenters. The predicted molar refractivity (Wildman–Crippen MR) is 165 cm³/mol. The van der Waals surface area contributed by atoms with Crippen LogP contribution in [0.5, 0.6) is 0 Å². The lowest BCUT2D eigenvalue weighted by Gasteiger charge is -2.24. The summed E-state index contributed by atoms with van der Waals surface area (Å²) in [7, 11) is 0. The average molecular weight is 685 g/mol. The number of nitrogens with zero attached hydrogens (tertiary/aromatic N) is 6. The van der Waals surface area contributed by atoms with Gasteiger partial charge in [0.05, 0.1) is 37.6 Å². The second kappa shape index (κ2) is 16.1. The third-order valence-corrected chi connectivity index (χ3v) is 7.05. The van der Waals surface area contributed by atoms with E-state index in [1.165, 1.54) is 34.1 Å². The van der Waals surface area contributed by atoms with E-state index in [-0.39, 0.29) is 100 Å². The smallest absolute Gasteiger partial charge is 0.395 e. The fourth-order valence-electron chi connectivity index (χ4n) is 4.62. The number of hydrogen-bond donors (Lipinski definition) is 6.